The second-order valence-corrected chi connectivity index (χ2v) is 3.20. The predicted molar refractivity (Wildman–Crippen MR) is 58.3 cm³/mol. The molecule has 0 aliphatic rings. The summed E-state index contributed by atoms with van der Waals surface area (Å²) in [7, 11) is 0. The third kappa shape index (κ3) is 4.20. The molecular formula is C11H15NO3. The van der Waals surface area contributed by atoms with Crippen LogP contribution in [0, 0.1) is 0 Å². The minimum atomic E-state index is -1.10. The molecule has 0 fully saturated rings. The Balaban J connectivity index is 2.40. The van der Waals surface area contributed by atoms with Crippen molar-refractivity contribution in [1.29, 1.82) is 0 Å². The lowest BCUT2D eigenvalue weighted by atomic mass is 10.1. The van der Waals surface area contributed by atoms with Gasteiger partial charge in [-0.1, -0.05) is 18.2 Å². The Bertz CT molecular complexity index is 300. The second-order valence-electron chi connectivity index (χ2n) is 3.20. The van der Waals surface area contributed by atoms with Gasteiger partial charge >= 0.3 is 0 Å². The van der Waals surface area contributed by atoms with Crippen molar-refractivity contribution in [1.82, 2.24) is 0 Å². The molecule has 1 rings (SSSR count). The number of aliphatic hydroxyl groups excluding tert-OH is 3. The molecule has 0 aliphatic heterocycles. The third-order valence-corrected chi connectivity index (χ3v) is 1.97. The van der Waals surface area contributed by atoms with Gasteiger partial charge in [0.25, 0.3) is 0 Å². The number of aliphatic hydroxyl groups is 3. The first kappa shape index (κ1) is 11.8. The van der Waals surface area contributed by atoms with E-state index in [9.17, 15) is 5.11 Å². The van der Waals surface area contributed by atoms with Crippen LogP contribution in [0.15, 0.2) is 35.3 Å². The zero-order chi connectivity index (χ0) is 11.1. The minimum Gasteiger partial charge on any atom is -0.394 e. The fraction of sp³-hybridized carbons (Fsp3) is 0.364. The van der Waals surface area contributed by atoms with Crippen LogP contribution in [0.3, 0.4) is 0 Å². The van der Waals surface area contributed by atoms with Crippen LogP contribution in [0.2, 0.25) is 0 Å². The highest BCUT2D eigenvalue weighted by atomic mass is 16.4. The Morgan fingerprint density at radius 1 is 1.13 bits per heavy atom. The molecule has 0 aromatic heterocycles. The van der Waals surface area contributed by atoms with E-state index < -0.39 is 18.8 Å². The fourth-order valence-electron chi connectivity index (χ4n) is 1.06. The molecule has 0 aliphatic carbocycles. The van der Waals surface area contributed by atoms with Crippen molar-refractivity contribution in [2.24, 2.45) is 4.99 Å². The quantitative estimate of drug-likeness (QED) is 0.618. The molecule has 15 heavy (non-hydrogen) atoms. The Morgan fingerprint density at radius 3 is 2.40 bits per heavy atom. The van der Waals surface area contributed by atoms with Gasteiger partial charge in [0.1, 0.15) is 6.10 Å². The molecule has 4 heteroatoms. The zero-order valence-corrected chi connectivity index (χ0v) is 8.32. The number of nitrogens with zero attached hydrogens (tertiary/aromatic N) is 1. The van der Waals surface area contributed by atoms with E-state index in [1.165, 1.54) is 6.21 Å². The number of benzene rings is 1. The minimum absolute atomic E-state index is 0.219. The molecule has 0 radical (unpaired) electrons. The van der Waals surface area contributed by atoms with Crippen LogP contribution in [0.5, 0.6) is 0 Å². The molecule has 1 aromatic rings. The van der Waals surface area contributed by atoms with Crippen LogP contribution >= 0.6 is 0 Å². The first-order valence-electron chi connectivity index (χ1n) is 4.78. The Hall–Kier alpha value is -1.23. The Labute approximate surface area is 88.5 Å². The van der Waals surface area contributed by atoms with Crippen LogP contribution in [0.25, 0.3) is 0 Å². The topological polar surface area (TPSA) is 73.0 Å². The zero-order valence-electron chi connectivity index (χ0n) is 8.32. The third-order valence-electron chi connectivity index (χ3n) is 1.97. The van der Waals surface area contributed by atoms with Crippen molar-refractivity contribution in [3.8, 4) is 0 Å². The van der Waals surface area contributed by atoms with E-state index in [0.717, 1.165) is 5.69 Å². The molecule has 0 saturated heterocycles. The fourth-order valence-corrected chi connectivity index (χ4v) is 1.06. The molecule has 4 nitrogen and oxygen atoms in total. The van der Waals surface area contributed by atoms with Crippen molar-refractivity contribution in [3.05, 3.63) is 30.3 Å². The maximum absolute atomic E-state index is 9.29. The van der Waals surface area contributed by atoms with Crippen LogP contribution in [0.4, 0.5) is 5.69 Å². The van der Waals surface area contributed by atoms with Gasteiger partial charge in [-0.25, -0.2) is 0 Å². The lowest BCUT2D eigenvalue weighted by Crippen LogP contribution is -2.29. The molecule has 0 bridgehead atoms. The van der Waals surface area contributed by atoms with Gasteiger partial charge in [0.2, 0.25) is 0 Å². The SMILES string of the molecule is OC[C@@H](O)[C@@H](O)CC=Nc1ccccc1. The molecular weight excluding hydrogens is 194 g/mol. The number of aliphatic imine (C=N–C) groups is 1. The lowest BCUT2D eigenvalue weighted by Gasteiger charge is -2.12. The molecule has 1 aromatic carbocycles. The molecule has 3 N–H and O–H groups in total. The van der Waals surface area contributed by atoms with Gasteiger partial charge in [-0.3, -0.25) is 4.99 Å². The maximum atomic E-state index is 9.29. The molecule has 2 atom stereocenters. The average Bonchev–Trinajstić information content (AvgIpc) is 2.29. The summed E-state index contributed by atoms with van der Waals surface area (Å²) < 4.78 is 0. The van der Waals surface area contributed by atoms with Gasteiger partial charge in [-0.2, -0.15) is 0 Å². The van der Waals surface area contributed by atoms with Crippen LogP contribution in [0.1, 0.15) is 6.42 Å². The summed E-state index contributed by atoms with van der Waals surface area (Å²) in [6.07, 6.45) is -0.329. The molecule has 0 amide bonds. The smallest absolute Gasteiger partial charge is 0.103 e. The van der Waals surface area contributed by atoms with Gasteiger partial charge in [-0.05, 0) is 12.1 Å². The summed E-state index contributed by atoms with van der Waals surface area (Å²) in [6, 6.07) is 9.30. The molecule has 0 saturated carbocycles. The molecule has 82 valence electrons. The van der Waals surface area contributed by atoms with Gasteiger partial charge in [0, 0.05) is 12.6 Å². The van der Waals surface area contributed by atoms with Crippen LogP contribution < -0.4 is 0 Å². The standard InChI is InChI=1S/C11H15NO3/c13-8-11(15)10(14)6-7-12-9-4-2-1-3-5-9/h1-5,7,10-11,13-15H,6,8H2/t10-,11+/m0/s1. The van der Waals surface area contributed by atoms with Gasteiger partial charge in [-0.15, -0.1) is 0 Å². The summed E-state index contributed by atoms with van der Waals surface area (Å²) in [5.74, 6) is 0. The van der Waals surface area contributed by atoms with Crippen LogP contribution in [-0.2, 0) is 0 Å². The Kier molecular flexibility index (Phi) is 4.97. The van der Waals surface area contributed by atoms with E-state index in [1.54, 1.807) is 0 Å². The first-order valence-corrected chi connectivity index (χ1v) is 4.78. The van der Waals surface area contributed by atoms with Crippen LogP contribution in [-0.4, -0.2) is 40.3 Å². The highest BCUT2D eigenvalue weighted by Crippen LogP contribution is 2.09. The van der Waals surface area contributed by atoms with Crippen molar-refractivity contribution in [2.45, 2.75) is 18.6 Å². The van der Waals surface area contributed by atoms with Crippen molar-refractivity contribution in [3.63, 3.8) is 0 Å². The number of rotatable bonds is 5. The van der Waals surface area contributed by atoms with Crippen molar-refractivity contribution >= 4 is 11.9 Å². The maximum Gasteiger partial charge on any atom is 0.103 e. The highest BCUT2D eigenvalue weighted by Gasteiger charge is 2.12. The molecule has 0 unspecified atom stereocenters. The summed E-state index contributed by atoms with van der Waals surface area (Å²) in [6.45, 7) is -0.444. The Morgan fingerprint density at radius 2 is 1.80 bits per heavy atom. The molecule has 0 spiro atoms. The van der Waals surface area contributed by atoms with E-state index in [4.69, 9.17) is 10.2 Å². The second kappa shape index (κ2) is 6.29. The lowest BCUT2D eigenvalue weighted by molar-refractivity contribution is -0.00944. The number of hydrogen-bond donors (Lipinski definition) is 3. The van der Waals surface area contributed by atoms with Gasteiger partial charge in [0.15, 0.2) is 0 Å². The summed E-state index contributed by atoms with van der Waals surface area (Å²) in [4.78, 5) is 4.09. The number of hydrogen-bond acceptors (Lipinski definition) is 4. The van der Waals surface area contributed by atoms with Crippen molar-refractivity contribution in [2.75, 3.05) is 6.61 Å². The van der Waals surface area contributed by atoms with Crippen molar-refractivity contribution < 1.29 is 15.3 Å². The van der Waals surface area contributed by atoms with E-state index >= 15 is 0 Å². The first-order chi connectivity index (χ1) is 7.24. The van der Waals surface area contributed by atoms with E-state index in [0.29, 0.717) is 0 Å². The summed E-state index contributed by atoms with van der Waals surface area (Å²) >= 11 is 0. The average molecular weight is 209 g/mol. The predicted octanol–water partition coefficient (Wildman–Crippen LogP) is 0.493. The molecule has 0 heterocycles. The summed E-state index contributed by atoms with van der Waals surface area (Å²) in [5, 5.41) is 26.9. The van der Waals surface area contributed by atoms with Gasteiger partial charge < -0.3 is 15.3 Å². The normalized spacial score (nSPS) is 15.4. The number of para-hydroxylation sites is 1. The monoisotopic (exact) mass is 209 g/mol. The van der Waals surface area contributed by atoms with E-state index in [-0.39, 0.29) is 6.42 Å². The van der Waals surface area contributed by atoms with Gasteiger partial charge in [0.05, 0.1) is 18.4 Å². The van der Waals surface area contributed by atoms with E-state index in [2.05, 4.69) is 4.99 Å². The highest BCUT2D eigenvalue weighted by molar-refractivity contribution is 5.63. The largest absolute Gasteiger partial charge is 0.394 e. The summed E-state index contributed by atoms with van der Waals surface area (Å²) in [5.41, 5.74) is 0.795. The van der Waals surface area contributed by atoms with E-state index in [1.807, 2.05) is 30.3 Å².